The summed E-state index contributed by atoms with van der Waals surface area (Å²) in [5.41, 5.74) is 6.55. The van der Waals surface area contributed by atoms with E-state index >= 15 is 0 Å². The highest BCUT2D eigenvalue weighted by molar-refractivity contribution is 7.90. The van der Waals surface area contributed by atoms with Crippen LogP contribution in [-0.4, -0.2) is 24.9 Å². The molecule has 6 nitrogen and oxygen atoms in total. The van der Waals surface area contributed by atoms with Gasteiger partial charge in [0.05, 0.1) is 11.8 Å². The van der Waals surface area contributed by atoms with Crippen molar-refractivity contribution in [1.29, 1.82) is 0 Å². The number of phenols is 1. The van der Waals surface area contributed by atoms with Crippen molar-refractivity contribution < 1.29 is 18.0 Å². The Morgan fingerprint density at radius 1 is 1.41 bits per heavy atom. The van der Waals surface area contributed by atoms with E-state index in [4.69, 9.17) is 5.73 Å². The molecule has 0 amide bonds. The molecular formula is C10H10N2O4S. The van der Waals surface area contributed by atoms with Crippen molar-refractivity contribution in [2.45, 2.75) is 4.90 Å². The van der Waals surface area contributed by atoms with Crippen molar-refractivity contribution in [3.63, 3.8) is 0 Å². The first kappa shape index (κ1) is 11.5. The molecule has 0 saturated carbocycles. The van der Waals surface area contributed by atoms with Gasteiger partial charge >= 0.3 is 0 Å². The number of benzene rings is 1. The fourth-order valence-electron chi connectivity index (χ4n) is 1.46. The third-order valence-corrected chi connectivity index (χ3v) is 3.41. The van der Waals surface area contributed by atoms with Gasteiger partial charge < -0.3 is 15.4 Å². The largest absolute Gasteiger partial charge is 0.507 e. The molecule has 0 radical (unpaired) electrons. The van der Waals surface area contributed by atoms with Crippen LogP contribution in [0.5, 0.6) is 5.75 Å². The quantitative estimate of drug-likeness (QED) is 0.829. The van der Waals surface area contributed by atoms with E-state index in [1.54, 1.807) is 0 Å². The molecule has 3 N–H and O–H groups in total. The normalized spacial score (nSPS) is 11.6. The van der Waals surface area contributed by atoms with Gasteiger partial charge in [0.1, 0.15) is 10.6 Å². The van der Waals surface area contributed by atoms with Crippen LogP contribution in [0.3, 0.4) is 0 Å². The molecular weight excluding hydrogens is 244 g/mol. The van der Waals surface area contributed by atoms with Crippen LogP contribution >= 0.6 is 0 Å². The molecule has 0 aliphatic heterocycles. The van der Waals surface area contributed by atoms with E-state index in [1.807, 2.05) is 0 Å². The molecule has 0 fully saturated rings. The molecule has 0 bridgehead atoms. The second-order valence-electron chi connectivity index (χ2n) is 3.56. The number of nitrogens with two attached hydrogens (primary N) is 1. The molecule has 90 valence electrons. The Kier molecular flexibility index (Phi) is 2.55. The molecule has 2 rings (SSSR count). The summed E-state index contributed by atoms with van der Waals surface area (Å²) in [4.78, 5) is -0.128. The highest BCUT2D eigenvalue weighted by Crippen LogP contribution is 2.31. The maximum absolute atomic E-state index is 11.3. The average Bonchev–Trinajstić information content (AvgIpc) is 2.62. The maximum atomic E-state index is 11.3. The lowest BCUT2D eigenvalue weighted by Crippen LogP contribution is -1.97. The number of hydrogen-bond acceptors (Lipinski definition) is 6. The van der Waals surface area contributed by atoms with E-state index in [0.717, 1.165) is 6.26 Å². The number of nitrogen functional groups attached to an aromatic ring is 1. The first-order valence-electron chi connectivity index (χ1n) is 4.63. The zero-order chi connectivity index (χ0) is 12.6. The summed E-state index contributed by atoms with van der Waals surface area (Å²) in [6.45, 7) is 0. The molecule has 7 heteroatoms. The van der Waals surface area contributed by atoms with Crippen LogP contribution in [0.2, 0.25) is 0 Å². The highest BCUT2D eigenvalue weighted by Gasteiger charge is 2.15. The molecule has 0 unspecified atom stereocenters. The Balaban J connectivity index is 2.56. The second-order valence-corrected chi connectivity index (χ2v) is 5.54. The lowest BCUT2D eigenvalue weighted by molar-refractivity contribution is 0.436. The van der Waals surface area contributed by atoms with E-state index in [0.29, 0.717) is 11.1 Å². The maximum Gasteiger partial charge on any atom is 0.229 e. The molecule has 0 spiro atoms. The van der Waals surface area contributed by atoms with E-state index in [-0.39, 0.29) is 16.5 Å². The van der Waals surface area contributed by atoms with Gasteiger partial charge in [0.15, 0.2) is 9.84 Å². The fraction of sp³-hybridized carbons (Fsp3) is 0.100. The summed E-state index contributed by atoms with van der Waals surface area (Å²) in [6.07, 6.45) is 2.42. The second kappa shape index (κ2) is 3.77. The summed E-state index contributed by atoms with van der Waals surface area (Å²) < 4.78 is 27.3. The Hall–Kier alpha value is -2.02. The van der Waals surface area contributed by atoms with Crippen LogP contribution in [0.25, 0.3) is 11.1 Å². The Morgan fingerprint density at radius 2 is 2.12 bits per heavy atom. The molecule has 17 heavy (non-hydrogen) atoms. The van der Waals surface area contributed by atoms with Crippen molar-refractivity contribution in [2.75, 3.05) is 12.0 Å². The lowest BCUT2D eigenvalue weighted by Gasteiger charge is -2.04. The molecule has 0 aliphatic rings. The number of hydrogen-bond donors (Lipinski definition) is 2. The van der Waals surface area contributed by atoms with Gasteiger partial charge in [-0.15, -0.1) is 0 Å². The van der Waals surface area contributed by atoms with Gasteiger partial charge in [-0.3, -0.25) is 0 Å². The minimum absolute atomic E-state index is 0.108. The standard InChI is InChI=1S/C10H10N2O4S/c1-17(14,15)9-3-2-6(4-8(9)13)7-5-12-16-10(7)11/h2-5,13H,11H2,1H3. The van der Waals surface area contributed by atoms with Gasteiger partial charge in [0, 0.05) is 6.26 Å². The Morgan fingerprint density at radius 3 is 2.59 bits per heavy atom. The molecule has 0 aliphatic carbocycles. The van der Waals surface area contributed by atoms with Gasteiger partial charge in [-0.05, 0) is 17.7 Å². The number of sulfone groups is 1. The van der Waals surface area contributed by atoms with E-state index in [9.17, 15) is 13.5 Å². The molecule has 1 aromatic carbocycles. The van der Waals surface area contributed by atoms with E-state index in [1.165, 1.54) is 24.4 Å². The summed E-state index contributed by atoms with van der Waals surface area (Å²) >= 11 is 0. The predicted octanol–water partition coefficient (Wildman–Crippen LogP) is 1.03. The van der Waals surface area contributed by atoms with Gasteiger partial charge in [-0.25, -0.2) is 8.42 Å². The molecule has 0 atom stereocenters. The van der Waals surface area contributed by atoms with Crippen molar-refractivity contribution >= 4 is 15.7 Å². The zero-order valence-corrected chi connectivity index (χ0v) is 9.73. The number of rotatable bonds is 2. The number of nitrogens with zero attached hydrogens (tertiary/aromatic N) is 1. The minimum atomic E-state index is -3.45. The number of aromatic nitrogens is 1. The predicted molar refractivity (Wildman–Crippen MR) is 61.1 cm³/mol. The first-order valence-corrected chi connectivity index (χ1v) is 6.52. The lowest BCUT2D eigenvalue weighted by atomic mass is 10.1. The van der Waals surface area contributed by atoms with Crippen LogP contribution in [-0.2, 0) is 9.84 Å². The topological polar surface area (TPSA) is 106 Å². The number of anilines is 1. The summed E-state index contributed by atoms with van der Waals surface area (Å²) in [5, 5.41) is 13.1. The van der Waals surface area contributed by atoms with Gasteiger partial charge in [-0.1, -0.05) is 11.2 Å². The third kappa shape index (κ3) is 2.09. The summed E-state index contributed by atoms with van der Waals surface area (Å²) in [7, 11) is -3.45. The van der Waals surface area contributed by atoms with Crippen LogP contribution in [0, 0.1) is 0 Å². The number of aromatic hydroxyl groups is 1. The monoisotopic (exact) mass is 254 g/mol. The highest BCUT2D eigenvalue weighted by atomic mass is 32.2. The van der Waals surface area contributed by atoms with Crippen molar-refractivity contribution in [3.05, 3.63) is 24.4 Å². The van der Waals surface area contributed by atoms with Crippen molar-refractivity contribution in [3.8, 4) is 16.9 Å². The SMILES string of the molecule is CS(=O)(=O)c1ccc(-c2cnoc2N)cc1O. The van der Waals surface area contributed by atoms with Crippen molar-refractivity contribution in [1.82, 2.24) is 5.16 Å². The Bertz CT molecular complexity index is 661. The Labute approximate surface area is 97.6 Å². The molecule has 2 aromatic rings. The van der Waals surface area contributed by atoms with Gasteiger partial charge in [0.25, 0.3) is 0 Å². The summed E-state index contributed by atoms with van der Waals surface area (Å²) in [5.74, 6) is -0.220. The minimum Gasteiger partial charge on any atom is -0.507 e. The van der Waals surface area contributed by atoms with Crippen LogP contribution in [0.15, 0.2) is 33.8 Å². The van der Waals surface area contributed by atoms with Crippen LogP contribution < -0.4 is 5.73 Å². The first-order chi connectivity index (χ1) is 7.89. The van der Waals surface area contributed by atoms with Crippen molar-refractivity contribution in [2.24, 2.45) is 0 Å². The zero-order valence-electron chi connectivity index (χ0n) is 8.91. The van der Waals surface area contributed by atoms with E-state index < -0.39 is 9.84 Å². The summed E-state index contributed by atoms with van der Waals surface area (Å²) in [6, 6.07) is 4.14. The molecule has 1 aromatic heterocycles. The third-order valence-electron chi connectivity index (χ3n) is 2.27. The van der Waals surface area contributed by atoms with Crippen LogP contribution in [0.1, 0.15) is 0 Å². The molecule has 0 saturated heterocycles. The van der Waals surface area contributed by atoms with Gasteiger partial charge in [-0.2, -0.15) is 0 Å². The van der Waals surface area contributed by atoms with Crippen LogP contribution in [0.4, 0.5) is 5.88 Å². The number of phenolic OH excluding ortho intramolecular Hbond substituents is 1. The van der Waals surface area contributed by atoms with Gasteiger partial charge in [0.2, 0.25) is 5.88 Å². The fourth-order valence-corrected chi connectivity index (χ4v) is 2.22. The average molecular weight is 254 g/mol. The smallest absolute Gasteiger partial charge is 0.229 e. The molecule has 1 heterocycles. The van der Waals surface area contributed by atoms with E-state index in [2.05, 4.69) is 9.68 Å².